The van der Waals surface area contributed by atoms with E-state index in [0.717, 1.165) is 50.5 Å². The molecule has 0 radical (unpaired) electrons. The molecule has 4 nitrogen and oxygen atoms in total. The lowest BCUT2D eigenvalue weighted by Gasteiger charge is -2.21. The second-order valence-corrected chi connectivity index (χ2v) is 6.86. The van der Waals surface area contributed by atoms with E-state index in [1.54, 1.807) is 0 Å². The van der Waals surface area contributed by atoms with Gasteiger partial charge in [0, 0.05) is 30.3 Å². The smallest absolute Gasteiger partial charge is 0.237 e. The number of aryl methyl sites for hydroxylation is 1. The van der Waals surface area contributed by atoms with Gasteiger partial charge in [0.05, 0.1) is 6.04 Å². The third-order valence-electron chi connectivity index (χ3n) is 4.74. The molecule has 2 atom stereocenters. The van der Waals surface area contributed by atoms with Crippen molar-refractivity contribution in [1.82, 2.24) is 10.6 Å². The highest BCUT2D eigenvalue weighted by Gasteiger charge is 2.26. The first-order valence-corrected chi connectivity index (χ1v) is 8.53. The second-order valence-electron chi connectivity index (χ2n) is 6.43. The van der Waals surface area contributed by atoms with Crippen LogP contribution in [-0.4, -0.2) is 38.1 Å². The van der Waals surface area contributed by atoms with Crippen LogP contribution in [0.1, 0.15) is 24.8 Å². The average molecular weight is 358 g/mol. The minimum Gasteiger partial charge on any atom is -0.371 e. The normalized spacial score (nSPS) is 23.7. The summed E-state index contributed by atoms with van der Waals surface area (Å²) in [4.78, 5) is 14.4. The van der Waals surface area contributed by atoms with Crippen LogP contribution in [0.2, 0.25) is 5.02 Å². The molecule has 2 N–H and O–H groups in total. The molecule has 1 unspecified atom stereocenters. The van der Waals surface area contributed by atoms with Crippen molar-refractivity contribution in [3.8, 4) is 0 Å². The standard InChI is InChI=1S/C17H24ClN3O.ClH/c1-12-4-5-14(18)9-16(12)21-8-6-13(11-21)10-20-17(22)15-3-2-7-19-15;/h4-5,9,13,15,19H,2-3,6-8,10-11H2,1H3,(H,20,22);1H/t13?,15-;/m0./s1. The van der Waals surface area contributed by atoms with Gasteiger partial charge in [-0.1, -0.05) is 17.7 Å². The number of rotatable bonds is 4. The van der Waals surface area contributed by atoms with Crippen molar-refractivity contribution in [2.75, 3.05) is 31.1 Å². The molecule has 2 aliphatic rings. The van der Waals surface area contributed by atoms with Gasteiger partial charge in [-0.2, -0.15) is 0 Å². The van der Waals surface area contributed by atoms with Gasteiger partial charge in [-0.25, -0.2) is 0 Å². The molecule has 2 aliphatic heterocycles. The van der Waals surface area contributed by atoms with Crippen molar-refractivity contribution in [3.63, 3.8) is 0 Å². The summed E-state index contributed by atoms with van der Waals surface area (Å²) in [5, 5.41) is 7.14. The molecule has 2 fully saturated rings. The third kappa shape index (κ3) is 4.52. The highest BCUT2D eigenvalue weighted by molar-refractivity contribution is 6.30. The van der Waals surface area contributed by atoms with E-state index >= 15 is 0 Å². The van der Waals surface area contributed by atoms with Crippen LogP contribution in [0.25, 0.3) is 0 Å². The molecule has 128 valence electrons. The monoisotopic (exact) mass is 357 g/mol. The Morgan fingerprint density at radius 2 is 2.26 bits per heavy atom. The Bertz CT molecular complexity index is 547. The van der Waals surface area contributed by atoms with Gasteiger partial charge >= 0.3 is 0 Å². The van der Waals surface area contributed by atoms with Gasteiger partial charge < -0.3 is 15.5 Å². The molecular weight excluding hydrogens is 333 g/mol. The van der Waals surface area contributed by atoms with Gasteiger partial charge in [0.1, 0.15) is 0 Å². The van der Waals surface area contributed by atoms with Gasteiger partial charge in [-0.15, -0.1) is 12.4 Å². The summed E-state index contributed by atoms with van der Waals surface area (Å²) >= 11 is 6.12. The van der Waals surface area contributed by atoms with E-state index in [1.165, 1.54) is 11.3 Å². The summed E-state index contributed by atoms with van der Waals surface area (Å²) in [5.74, 6) is 0.679. The molecule has 0 bridgehead atoms. The highest BCUT2D eigenvalue weighted by Crippen LogP contribution is 2.29. The molecule has 1 aromatic carbocycles. The van der Waals surface area contributed by atoms with Gasteiger partial charge in [-0.05, 0) is 56.3 Å². The fourth-order valence-electron chi connectivity index (χ4n) is 3.42. The third-order valence-corrected chi connectivity index (χ3v) is 4.97. The molecule has 3 rings (SSSR count). The molecule has 0 aromatic heterocycles. The van der Waals surface area contributed by atoms with E-state index in [0.29, 0.717) is 5.92 Å². The maximum atomic E-state index is 12.0. The Hall–Kier alpha value is -0.970. The first-order chi connectivity index (χ1) is 10.6. The average Bonchev–Trinajstić information content (AvgIpc) is 3.18. The Balaban J connectivity index is 0.00000192. The zero-order valence-electron chi connectivity index (χ0n) is 13.5. The van der Waals surface area contributed by atoms with Crippen LogP contribution >= 0.6 is 24.0 Å². The molecule has 0 aliphatic carbocycles. The van der Waals surface area contributed by atoms with E-state index in [4.69, 9.17) is 11.6 Å². The number of nitrogens with one attached hydrogen (secondary N) is 2. The number of carbonyl (C=O) groups excluding carboxylic acids is 1. The minimum absolute atomic E-state index is 0. The number of nitrogens with zero attached hydrogens (tertiary/aromatic N) is 1. The quantitative estimate of drug-likeness (QED) is 0.870. The minimum atomic E-state index is 0. The van der Waals surface area contributed by atoms with Crippen LogP contribution in [0.4, 0.5) is 5.69 Å². The lowest BCUT2D eigenvalue weighted by Crippen LogP contribution is -2.42. The predicted molar refractivity (Wildman–Crippen MR) is 97.8 cm³/mol. The highest BCUT2D eigenvalue weighted by atomic mass is 35.5. The zero-order valence-corrected chi connectivity index (χ0v) is 15.1. The molecule has 1 amide bonds. The van der Waals surface area contributed by atoms with E-state index in [-0.39, 0.29) is 24.4 Å². The summed E-state index contributed by atoms with van der Waals surface area (Å²) in [6.45, 7) is 5.87. The van der Waals surface area contributed by atoms with Gasteiger partial charge in [-0.3, -0.25) is 4.79 Å². The largest absolute Gasteiger partial charge is 0.371 e. The van der Waals surface area contributed by atoms with Crippen molar-refractivity contribution in [1.29, 1.82) is 0 Å². The molecule has 23 heavy (non-hydrogen) atoms. The van der Waals surface area contributed by atoms with Crippen LogP contribution in [0.5, 0.6) is 0 Å². The predicted octanol–water partition coefficient (Wildman–Crippen LogP) is 2.76. The van der Waals surface area contributed by atoms with E-state index in [1.807, 2.05) is 12.1 Å². The van der Waals surface area contributed by atoms with Crippen LogP contribution in [-0.2, 0) is 4.79 Å². The Kier molecular flexibility index (Phi) is 6.57. The number of hydrogen-bond donors (Lipinski definition) is 2. The van der Waals surface area contributed by atoms with Crippen LogP contribution in [0.3, 0.4) is 0 Å². The first kappa shape index (κ1) is 18.4. The summed E-state index contributed by atoms with van der Waals surface area (Å²) in [6.07, 6.45) is 3.18. The Morgan fingerprint density at radius 1 is 1.43 bits per heavy atom. The van der Waals surface area contributed by atoms with Crippen molar-refractivity contribution in [2.24, 2.45) is 5.92 Å². The lowest BCUT2D eigenvalue weighted by molar-refractivity contribution is -0.122. The Morgan fingerprint density at radius 3 is 3.00 bits per heavy atom. The summed E-state index contributed by atoms with van der Waals surface area (Å²) in [6, 6.07) is 6.06. The SMILES string of the molecule is Cc1ccc(Cl)cc1N1CCC(CNC(=O)[C@@H]2CCCN2)C1.Cl. The second kappa shape index (κ2) is 8.22. The van der Waals surface area contributed by atoms with Gasteiger partial charge in [0.15, 0.2) is 0 Å². The van der Waals surface area contributed by atoms with E-state index < -0.39 is 0 Å². The van der Waals surface area contributed by atoms with Crippen LogP contribution in [0, 0.1) is 12.8 Å². The van der Waals surface area contributed by atoms with Crippen LogP contribution in [0.15, 0.2) is 18.2 Å². The summed E-state index contributed by atoms with van der Waals surface area (Å²) in [5.41, 5.74) is 2.48. The topological polar surface area (TPSA) is 44.4 Å². The van der Waals surface area contributed by atoms with Crippen molar-refractivity contribution in [3.05, 3.63) is 28.8 Å². The van der Waals surface area contributed by atoms with E-state index in [9.17, 15) is 4.79 Å². The van der Waals surface area contributed by atoms with Crippen LogP contribution < -0.4 is 15.5 Å². The number of amides is 1. The summed E-state index contributed by atoms with van der Waals surface area (Å²) < 4.78 is 0. The van der Waals surface area contributed by atoms with Gasteiger partial charge in [0.2, 0.25) is 5.91 Å². The van der Waals surface area contributed by atoms with Crippen molar-refractivity contribution >= 4 is 35.6 Å². The number of anilines is 1. The zero-order chi connectivity index (χ0) is 15.5. The molecule has 0 spiro atoms. The maximum Gasteiger partial charge on any atom is 0.237 e. The number of benzene rings is 1. The maximum absolute atomic E-state index is 12.0. The molecule has 0 saturated carbocycles. The molecule has 2 heterocycles. The van der Waals surface area contributed by atoms with Gasteiger partial charge in [0.25, 0.3) is 0 Å². The number of hydrogen-bond acceptors (Lipinski definition) is 3. The van der Waals surface area contributed by atoms with Crippen molar-refractivity contribution < 1.29 is 4.79 Å². The molecule has 2 saturated heterocycles. The fourth-order valence-corrected chi connectivity index (χ4v) is 3.58. The molecule has 1 aromatic rings. The number of carbonyl (C=O) groups is 1. The molecule has 6 heteroatoms. The van der Waals surface area contributed by atoms with E-state index in [2.05, 4.69) is 28.5 Å². The molecular formula is C17H25Cl2N3O. The van der Waals surface area contributed by atoms with Crippen molar-refractivity contribution in [2.45, 2.75) is 32.2 Å². The summed E-state index contributed by atoms with van der Waals surface area (Å²) in [7, 11) is 0. The lowest BCUT2D eigenvalue weighted by atomic mass is 10.1. The fraction of sp³-hybridized carbons (Fsp3) is 0.588. The first-order valence-electron chi connectivity index (χ1n) is 8.15. The Labute approximate surface area is 149 Å². The number of halogens is 2.